The quantitative estimate of drug-likeness (QED) is 0.847. The molecular formula is C17H22N4O4S. The average molecular weight is 378 g/mol. The van der Waals surface area contributed by atoms with Crippen LogP contribution in [0.25, 0.3) is 0 Å². The number of ether oxygens (including phenoxy) is 2. The molecule has 1 aliphatic rings. The molecule has 9 heteroatoms. The summed E-state index contributed by atoms with van der Waals surface area (Å²) in [4.78, 5) is 2.11. The van der Waals surface area contributed by atoms with Gasteiger partial charge in [-0.2, -0.15) is 0 Å². The lowest BCUT2D eigenvalue weighted by molar-refractivity contribution is 0.122. The number of morpholine rings is 1. The van der Waals surface area contributed by atoms with Gasteiger partial charge in [0.2, 0.25) is 0 Å². The number of rotatable bonds is 5. The van der Waals surface area contributed by atoms with E-state index in [0.29, 0.717) is 24.8 Å². The lowest BCUT2D eigenvalue weighted by Gasteiger charge is -2.27. The Hall–Kier alpha value is -2.39. The number of aryl methyl sites for hydroxylation is 2. The van der Waals surface area contributed by atoms with E-state index in [-0.39, 0.29) is 10.7 Å². The van der Waals surface area contributed by atoms with Crippen LogP contribution >= 0.6 is 0 Å². The summed E-state index contributed by atoms with van der Waals surface area (Å²) in [6, 6.07) is 6.64. The Morgan fingerprint density at radius 1 is 1.12 bits per heavy atom. The molecule has 1 saturated heterocycles. The Labute approximate surface area is 153 Å². The van der Waals surface area contributed by atoms with Crippen molar-refractivity contribution in [3.8, 4) is 5.75 Å². The van der Waals surface area contributed by atoms with Gasteiger partial charge in [0.15, 0.2) is 11.6 Å². The Bertz CT molecular complexity index is 878. The third-order valence-electron chi connectivity index (χ3n) is 4.29. The van der Waals surface area contributed by atoms with Crippen molar-refractivity contribution >= 4 is 21.7 Å². The summed E-state index contributed by atoms with van der Waals surface area (Å²) in [5.74, 6) is 1.14. The van der Waals surface area contributed by atoms with E-state index in [9.17, 15) is 8.42 Å². The van der Waals surface area contributed by atoms with Crippen LogP contribution in [0.4, 0.5) is 11.6 Å². The van der Waals surface area contributed by atoms with E-state index in [0.717, 1.165) is 24.2 Å². The summed E-state index contributed by atoms with van der Waals surface area (Å²) in [6.45, 7) is 6.51. The molecule has 1 fully saturated rings. The fourth-order valence-corrected chi connectivity index (χ4v) is 3.90. The van der Waals surface area contributed by atoms with E-state index in [2.05, 4.69) is 14.9 Å². The summed E-state index contributed by atoms with van der Waals surface area (Å²) in [5, 5.41) is 8.11. The first-order valence-electron chi connectivity index (χ1n) is 8.25. The normalized spacial score (nSPS) is 15.0. The smallest absolute Gasteiger partial charge is 0.266 e. The summed E-state index contributed by atoms with van der Waals surface area (Å²) in [5.41, 5.74) is 1.82. The van der Waals surface area contributed by atoms with Crippen LogP contribution in [-0.4, -0.2) is 52.0 Å². The van der Waals surface area contributed by atoms with Crippen LogP contribution in [-0.2, 0) is 14.8 Å². The number of hydrogen-bond donors (Lipinski definition) is 1. The van der Waals surface area contributed by atoms with Gasteiger partial charge in [-0.05, 0) is 49.2 Å². The maximum absolute atomic E-state index is 12.7. The van der Waals surface area contributed by atoms with Crippen LogP contribution in [0, 0.1) is 13.8 Å². The number of benzene rings is 1. The summed E-state index contributed by atoms with van der Waals surface area (Å²) in [7, 11) is -2.40. The predicted octanol–water partition coefficient (Wildman–Crippen LogP) is 1.74. The van der Waals surface area contributed by atoms with Crippen molar-refractivity contribution in [2.45, 2.75) is 18.7 Å². The van der Waals surface area contributed by atoms with Crippen molar-refractivity contribution in [1.29, 1.82) is 0 Å². The number of nitrogens with zero attached hydrogens (tertiary/aromatic N) is 3. The molecule has 2 heterocycles. The van der Waals surface area contributed by atoms with Gasteiger partial charge in [-0.25, -0.2) is 8.42 Å². The summed E-state index contributed by atoms with van der Waals surface area (Å²) in [6.07, 6.45) is 0. The lowest BCUT2D eigenvalue weighted by Crippen LogP contribution is -2.36. The molecule has 0 atom stereocenters. The Morgan fingerprint density at radius 2 is 1.81 bits per heavy atom. The van der Waals surface area contributed by atoms with Gasteiger partial charge >= 0.3 is 0 Å². The van der Waals surface area contributed by atoms with Crippen LogP contribution in [0.15, 0.2) is 29.2 Å². The highest BCUT2D eigenvalue weighted by Gasteiger charge is 2.22. The molecule has 0 saturated carbocycles. The third-order valence-corrected chi connectivity index (χ3v) is 5.67. The molecule has 1 N–H and O–H groups in total. The molecule has 26 heavy (non-hydrogen) atoms. The number of methoxy groups -OCH3 is 1. The van der Waals surface area contributed by atoms with Crippen LogP contribution < -0.4 is 14.4 Å². The molecular weight excluding hydrogens is 356 g/mol. The molecule has 0 spiro atoms. The molecule has 0 radical (unpaired) electrons. The van der Waals surface area contributed by atoms with Crippen LogP contribution in [0.2, 0.25) is 0 Å². The first-order chi connectivity index (χ1) is 12.4. The highest BCUT2D eigenvalue weighted by atomic mass is 32.2. The van der Waals surface area contributed by atoms with Gasteiger partial charge in [-0.15, -0.1) is 10.2 Å². The Morgan fingerprint density at radius 3 is 2.42 bits per heavy atom. The van der Waals surface area contributed by atoms with Gasteiger partial charge in [0, 0.05) is 13.1 Å². The molecule has 140 valence electrons. The molecule has 0 unspecified atom stereocenters. The van der Waals surface area contributed by atoms with Gasteiger partial charge in [0.1, 0.15) is 10.6 Å². The second kappa shape index (κ2) is 7.46. The van der Waals surface area contributed by atoms with Crippen molar-refractivity contribution in [2.24, 2.45) is 0 Å². The zero-order valence-electron chi connectivity index (χ0n) is 15.0. The number of anilines is 2. The first-order valence-corrected chi connectivity index (χ1v) is 9.73. The minimum absolute atomic E-state index is 0.0714. The van der Waals surface area contributed by atoms with Gasteiger partial charge in [-0.3, -0.25) is 4.72 Å². The van der Waals surface area contributed by atoms with Crippen molar-refractivity contribution in [3.63, 3.8) is 0 Å². The van der Waals surface area contributed by atoms with Gasteiger partial charge in [0.05, 0.1) is 20.3 Å². The lowest BCUT2D eigenvalue weighted by atomic mass is 10.1. The zero-order valence-corrected chi connectivity index (χ0v) is 15.8. The second-order valence-electron chi connectivity index (χ2n) is 6.07. The van der Waals surface area contributed by atoms with Crippen molar-refractivity contribution < 1.29 is 17.9 Å². The van der Waals surface area contributed by atoms with Gasteiger partial charge in [0.25, 0.3) is 10.0 Å². The molecule has 1 aromatic carbocycles. The average Bonchev–Trinajstić information content (AvgIpc) is 2.64. The monoisotopic (exact) mass is 378 g/mol. The largest absolute Gasteiger partial charge is 0.495 e. The summed E-state index contributed by atoms with van der Waals surface area (Å²) >= 11 is 0. The number of hydrogen-bond acceptors (Lipinski definition) is 7. The topological polar surface area (TPSA) is 93.7 Å². The minimum atomic E-state index is -3.84. The number of nitrogens with one attached hydrogen (secondary N) is 1. The predicted molar refractivity (Wildman–Crippen MR) is 98.3 cm³/mol. The second-order valence-corrected chi connectivity index (χ2v) is 7.72. The summed E-state index contributed by atoms with van der Waals surface area (Å²) < 4.78 is 38.5. The van der Waals surface area contributed by atoms with E-state index >= 15 is 0 Å². The SMILES string of the molecule is COc1cc(C)c(C)cc1S(=O)(=O)Nc1ccc(N2CCOCC2)nn1. The molecule has 1 aliphatic heterocycles. The Kier molecular flexibility index (Phi) is 5.28. The highest BCUT2D eigenvalue weighted by molar-refractivity contribution is 7.92. The number of aromatic nitrogens is 2. The van der Waals surface area contributed by atoms with E-state index < -0.39 is 10.0 Å². The van der Waals surface area contributed by atoms with Gasteiger partial charge in [-0.1, -0.05) is 0 Å². The molecule has 0 amide bonds. The van der Waals surface area contributed by atoms with Crippen LogP contribution in [0.5, 0.6) is 5.75 Å². The van der Waals surface area contributed by atoms with E-state index in [1.54, 1.807) is 24.3 Å². The minimum Gasteiger partial charge on any atom is -0.495 e. The van der Waals surface area contributed by atoms with Crippen molar-refractivity contribution in [2.75, 3.05) is 43.0 Å². The molecule has 1 aromatic heterocycles. The van der Waals surface area contributed by atoms with Crippen LogP contribution in [0.1, 0.15) is 11.1 Å². The van der Waals surface area contributed by atoms with E-state index in [1.165, 1.54) is 7.11 Å². The first kappa shape index (κ1) is 18.4. The fraction of sp³-hybridized carbons (Fsp3) is 0.412. The highest BCUT2D eigenvalue weighted by Crippen LogP contribution is 2.28. The molecule has 0 aliphatic carbocycles. The zero-order chi connectivity index (χ0) is 18.7. The molecule has 8 nitrogen and oxygen atoms in total. The van der Waals surface area contributed by atoms with Gasteiger partial charge < -0.3 is 14.4 Å². The van der Waals surface area contributed by atoms with E-state index in [1.807, 2.05) is 18.7 Å². The van der Waals surface area contributed by atoms with E-state index in [4.69, 9.17) is 9.47 Å². The number of sulfonamides is 1. The maximum Gasteiger partial charge on any atom is 0.266 e. The molecule has 2 aromatic rings. The maximum atomic E-state index is 12.7. The molecule has 3 rings (SSSR count). The van der Waals surface area contributed by atoms with Crippen molar-refractivity contribution in [3.05, 3.63) is 35.4 Å². The fourth-order valence-electron chi connectivity index (χ4n) is 2.67. The van der Waals surface area contributed by atoms with Crippen molar-refractivity contribution in [1.82, 2.24) is 10.2 Å². The Balaban J connectivity index is 1.82. The third kappa shape index (κ3) is 3.88. The van der Waals surface area contributed by atoms with Crippen LogP contribution in [0.3, 0.4) is 0 Å². The standard InChI is InChI=1S/C17H22N4O4S/c1-12-10-14(24-3)15(11-13(12)2)26(22,23)20-16-4-5-17(19-18-16)21-6-8-25-9-7-21/h4-5,10-11H,6-9H2,1-3H3,(H,18,20). The molecule has 0 bridgehead atoms.